The summed E-state index contributed by atoms with van der Waals surface area (Å²) in [5, 5.41) is 0. The molecule has 0 N–H and O–H groups in total. The van der Waals surface area contributed by atoms with Crippen LogP contribution < -0.4 is 0 Å². The quantitative estimate of drug-likeness (QED) is 0.760. The Labute approximate surface area is 117 Å². The van der Waals surface area contributed by atoms with Crippen LogP contribution in [0.5, 0.6) is 0 Å². The van der Waals surface area contributed by atoms with Crippen LogP contribution >= 0.6 is 0 Å². The van der Waals surface area contributed by atoms with E-state index in [1.807, 2.05) is 4.90 Å². The van der Waals surface area contributed by atoms with E-state index in [0.717, 1.165) is 44.5 Å². The highest BCUT2D eigenvalue weighted by Gasteiger charge is 2.46. The number of carbonyl (C=O) groups excluding carboxylic acids is 1. The van der Waals surface area contributed by atoms with Gasteiger partial charge in [-0.05, 0) is 33.1 Å². The van der Waals surface area contributed by atoms with Crippen molar-refractivity contribution >= 4 is 11.7 Å². The number of unbranched alkanes of at least 4 members (excludes halogenated alkanes) is 1. The van der Waals surface area contributed by atoms with Gasteiger partial charge < -0.3 is 0 Å². The molecule has 1 aliphatic carbocycles. The van der Waals surface area contributed by atoms with Crippen molar-refractivity contribution in [2.24, 2.45) is 10.4 Å². The summed E-state index contributed by atoms with van der Waals surface area (Å²) in [6, 6.07) is 0.238. The molecule has 3 nitrogen and oxygen atoms in total. The van der Waals surface area contributed by atoms with E-state index in [1.54, 1.807) is 0 Å². The molecule has 0 aromatic carbocycles. The van der Waals surface area contributed by atoms with Crippen molar-refractivity contribution in [1.29, 1.82) is 0 Å². The minimum Gasteiger partial charge on any atom is -0.298 e. The number of carbonyl (C=O) groups is 1. The van der Waals surface area contributed by atoms with Crippen LogP contribution in [0.15, 0.2) is 4.99 Å². The Morgan fingerprint density at radius 3 is 2.53 bits per heavy atom. The van der Waals surface area contributed by atoms with E-state index >= 15 is 0 Å². The highest BCUT2D eigenvalue weighted by molar-refractivity contribution is 6.03. The summed E-state index contributed by atoms with van der Waals surface area (Å²) in [5.74, 6) is 1.40. The van der Waals surface area contributed by atoms with E-state index in [0.29, 0.717) is 5.91 Å². The van der Waals surface area contributed by atoms with Gasteiger partial charge in [-0.3, -0.25) is 14.7 Å². The fourth-order valence-corrected chi connectivity index (χ4v) is 3.43. The summed E-state index contributed by atoms with van der Waals surface area (Å²) in [7, 11) is 0. The number of nitrogens with zero attached hydrogens (tertiary/aromatic N) is 2. The predicted octanol–water partition coefficient (Wildman–Crippen LogP) is 3.78. The van der Waals surface area contributed by atoms with Gasteiger partial charge in [0.05, 0.1) is 12.0 Å². The van der Waals surface area contributed by atoms with E-state index in [2.05, 4.69) is 20.8 Å². The van der Waals surface area contributed by atoms with Crippen molar-refractivity contribution in [2.45, 2.75) is 78.2 Å². The van der Waals surface area contributed by atoms with Crippen LogP contribution in [0.1, 0.15) is 72.1 Å². The van der Waals surface area contributed by atoms with Crippen molar-refractivity contribution < 1.29 is 4.79 Å². The van der Waals surface area contributed by atoms with E-state index in [9.17, 15) is 4.79 Å². The molecule has 108 valence electrons. The van der Waals surface area contributed by atoms with Gasteiger partial charge in [0.25, 0.3) is 0 Å². The molecule has 1 heterocycles. The Morgan fingerprint density at radius 2 is 1.95 bits per heavy atom. The van der Waals surface area contributed by atoms with Gasteiger partial charge in [-0.1, -0.05) is 32.6 Å². The molecule has 1 saturated carbocycles. The third-order valence-corrected chi connectivity index (χ3v) is 4.60. The van der Waals surface area contributed by atoms with Crippen LogP contribution in [0.3, 0.4) is 0 Å². The Morgan fingerprint density at radius 1 is 1.26 bits per heavy atom. The first-order valence-corrected chi connectivity index (χ1v) is 7.98. The number of aliphatic imine (C=N–C) groups is 1. The topological polar surface area (TPSA) is 32.7 Å². The monoisotopic (exact) mass is 264 g/mol. The van der Waals surface area contributed by atoms with Crippen molar-refractivity contribution in [1.82, 2.24) is 4.90 Å². The maximum Gasteiger partial charge on any atom is 0.236 e. The van der Waals surface area contributed by atoms with E-state index in [1.165, 1.54) is 19.3 Å². The molecule has 2 rings (SSSR count). The standard InChI is InChI=1S/C16H28N2O/c1-4-5-9-14-17-12-16(10-7-6-8-11-16)15(19)18(14)13(2)3/h13H,4-12H2,1-3H3. The lowest BCUT2D eigenvalue weighted by Gasteiger charge is -2.44. The van der Waals surface area contributed by atoms with Gasteiger partial charge in [-0.25, -0.2) is 0 Å². The van der Waals surface area contributed by atoms with Crippen LogP contribution in [0.2, 0.25) is 0 Å². The molecule has 0 bridgehead atoms. The molecule has 2 aliphatic rings. The Balaban J connectivity index is 2.21. The fraction of sp³-hybridized carbons (Fsp3) is 0.875. The van der Waals surface area contributed by atoms with Gasteiger partial charge in [0.2, 0.25) is 5.91 Å². The molecule has 1 aliphatic heterocycles. The minimum atomic E-state index is -0.155. The Kier molecular flexibility index (Phi) is 4.64. The average Bonchev–Trinajstić information content (AvgIpc) is 2.41. The van der Waals surface area contributed by atoms with Crippen molar-refractivity contribution in [2.75, 3.05) is 6.54 Å². The lowest BCUT2D eigenvalue weighted by molar-refractivity contribution is -0.141. The number of hydrogen-bond acceptors (Lipinski definition) is 2. The zero-order chi connectivity index (χ0) is 13.9. The molecule has 3 heteroatoms. The van der Waals surface area contributed by atoms with Gasteiger partial charge in [-0.2, -0.15) is 0 Å². The van der Waals surface area contributed by atoms with E-state index < -0.39 is 0 Å². The summed E-state index contributed by atoms with van der Waals surface area (Å²) in [6.45, 7) is 7.16. The highest BCUT2D eigenvalue weighted by atomic mass is 16.2. The summed E-state index contributed by atoms with van der Waals surface area (Å²) in [4.78, 5) is 19.8. The second-order valence-corrected chi connectivity index (χ2v) is 6.45. The maximum atomic E-state index is 13.0. The zero-order valence-electron chi connectivity index (χ0n) is 12.7. The number of amides is 1. The molecule has 0 aromatic heterocycles. The van der Waals surface area contributed by atoms with Crippen molar-refractivity contribution in [3.63, 3.8) is 0 Å². The number of rotatable bonds is 4. The highest BCUT2D eigenvalue weighted by Crippen LogP contribution is 2.41. The smallest absolute Gasteiger partial charge is 0.236 e. The van der Waals surface area contributed by atoms with Crippen LogP contribution in [0.25, 0.3) is 0 Å². The van der Waals surface area contributed by atoms with Gasteiger partial charge in [-0.15, -0.1) is 0 Å². The summed E-state index contributed by atoms with van der Waals surface area (Å²) >= 11 is 0. The van der Waals surface area contributed by atoms with Gasteiger partial charge in [0.15, 0.2) is 0 Å². The second kappa shape index (κ2) is 6.06. The van der Waals surface area contributed by atoms with Crippen molar-refractivity contribution in [3.05, 3.63) is 0 Å². The number of hydrogen-bond donors (Lipinski definition) is 0. The van der Waals surface area contributed by atoms with Gasteiger partial charge in [0, 0.05) is 12.5 Å². The average molecular weight is 264 g/mol. The van der Waals surface area contributed by atoms with Crippen LogP contribution in [0.4, 0.5) is 0 Å². The Hall–Kier alpha value is -0.860. The van der Waals surface area contributed by atoms with Gasteiger partial charge >= 0.3 is 0 Å². The lowest BCUT2D eigenvalue weighted by atomic mass is 9.72. The van der Waals surface area contributed by atoms with E-state index in [4.69, 9.17) is 4.99 Å². The maximum absolute atomic E-state index is 13.0. The largest absolute Gasteiger partial charge is 0.298 e. The molecule has 19 heavy (non-hydrogen) atoms. The predicted molar refractivity (Wildman–Crippen MR) is 79.3 cm³/mol. The molecule has 0 unspecified atom stereocenters. The third-order valence-electron chi connectivity index (χ3n) is 4.60. The number of amidine groups is 1. The summed E-state index contributed by atoms with van der Waals surface area (Å²) in [5.41, 5.74) is -0.155. The molecule has 0 saturated heterocycles. The molecule has 1 fully saturated rings. The molecule has 1 amide bonds. The third kappa shape index (κ3) is 2.85. The molecular formula is C16H28N2O. The second-order valence-electron chi connectivity index (χ2n) is 6.45. The molecule has 0 atom stereocenters. The molecule has 0 radical (unpaired) electrons. The van der Waals surface area contributed by atoms with Crippen LogP contribution in [-0.2, 0) is 4.79 Å². The zero-order valence-corrected chi connectivity index (χ0v) is 12.7. The SMILES string of the molecule is CCCCC1=NCC2(CCCCC2)C(=O)N1C(C)C. The van der Waals surface area contributed by atoms with Gasteiger partial charge in [0.1, 0.15) is 5.84 Å². The molecular weight excluding hydrogens is 236 g/mol. The summed E-state index contributed by atoms with van der Waals surface area (Å²) < 4.78 is 0. The molecule has 1 spiro atoms. The van der Waals surface area contributed by atoms with Crippen LogP contribution in [-0.4, -0.2) is 29.2 Å². The first-order valence-electron chi connectivity index (χ1n) is 7.98. The van der Waals surface area contributed by atoms with E-state index in [-0.39, 0.29) is 11.5 Å². The molecule has 0 aromatic rings. The first kappa shape index (κ1) is 14.5. The van der Waals surface area contributed by atoms with Crippen LogP contribution in [0, 0.1) is 5.41 Å². The lowest BCUT2D eigenvalue weighted by Crippen LogP contribution is -2.55. The minimum absolute atomic E-state index is 0.155. The Bertz CT molecular complexity index is 354. The van der Waals surface area contributed by atoms with Crippen molar-refractivity contribution in [3.8, 4) is 0 Å². The fourth-order valence-electron chi connectivity index (χ4n) is 3.43. The first-order chi connectivity index (χ1) is 9.10. The summed E-state index contributed by atoms with van der Waals surface area (Å²) in [6.07, 6.45) is 8.99. The normalized spacial score (nSPS) is 23.1.